The molecular weight excluding hydrogens is 374 g/mol. The number of nitrogens with zero attached hydrogens (tertiary/aromatic N) is 1. The molecule has 2 rings (SSSR count). The number of methoxy groups -OCH3 is 1. The van der Waals surface area contributed by atoms with E-state index in [1.54, 1.807) is 12.1 Å². The van der Waals surface area contributed by atoms with Crippen LogP contribution < -0.4 is 9.47 Å². The number of carbonyl (C=O) groups is 1. The van der Waals surface area contributed by atoms with E-state index in [2.05, 4.69) is 0 Å². The van der Waals surface area contributed by atoms with Crippen molar-refractivity contribution < 1.29 is 31.8 Å². The van der Waals surface area contributed by atoms with Crippen molar-refractivity contribution in [2.24, 2.45) is 0 Å². The number of rotatable bonds is 8. The van der Waals surface area contributed by atoms with Crippen molar-refractivity contribution in [3.63, 3.8) is 0 Å². The van der Waals surface area contributed by atoms with Gasteiger partial charge < -0.3 is 18.6 Å². The van der Waals surface area contributed by atoms with Crippen molar-refractivity contribution in [2.45, 2.75) is 31.7 Å². The average molecular weight is 397 g/mol. The molecule has 8 nitrogen and oxygen atoms in total. The molecule has 0 aliphatic rings. The molecular formula is C18H23NO7S. The fourth-order valence-electron chi connectivity index (χ4n) is 2.12. The van der Waals surface area contributed by atoms with E-state index in [1.807, 2.05) is 13.8 Å². The van der Waals surface area contributed by atoms with Gasteiger partial charge in [0.15, 0.2) is 11.5 Å². The highest BCUT2D eigenvalue weighted by Gasteiger charge is 2.22. The van der Waals surface area contributed by atoms with Crippen molar-refractivity contribution in [3.8, 4) is 11.5 Å². The SMILES string of the molecule is COc1cc(C(=O)OCc2ccc(S(=O)(=O)N(C)C)o2)ccc1OC(C)C. The van der Waals surface area contributed by atoms with Gasteiger partial charge in [0.2, 0.25) is 5.09 Å². The Bertz CT molecular complexity index is 900. The molecule has 0 aliphatic carbocycles. The second-order valence-electron chi connectivity index (χ2n) is 6.12. The Morgan fingerprint density at radius 3 is 2.44 bits per heavy atom. The van der Waals surface area contributed by atoms with E-state index < -0.39 is 16.0 Å². The lowest BCUT2D eigenvalue weighted by Gasteiger charge is -2.14. The van der Waals surface area contributed by atoms with Gasteiger partial charge in [-0.25, -0.2) is 17.5 Å². The van der Waals surface area contributed by atoms with Crippen molar-refractivity contribution in [1.82, 2.24) is 4.31 Å². The highest BCUT2D eigenvalue weighted by molar-refractivity contribution is 7.88. The van der Waals surface area contributed by atoms with E-state index in [0.717, 1.165) is 4.31 Å². The zero-order valence-corrected chi connectivity index (χ0v) is 16.7. The van der Waals surface area contributed by atoms with Crippen LogP contribution in [0.4, 0.5) is 0 Å². The first-order valence-corrected chi connectivity index (χ1v) is 9.62. The molecule has 0 unspecified atom stereocenters. The Labute approximate surface area is 158 Å². The zero-order chi connectivity index (χ0) is 20.2. The molecule has 148 valence electrons. The number of furan rings is 1. The first-order valence-electron chi connectivity index (χ1n) is 8.18. The van der Waals surface area contributed by atoms with Crippen molar-refractivity contribution in [2.75, 3.05) is 21.2 Å². The molecule has 0 atom stereocenters. The molecule has 9 heteroatoms. The molecule has 1 heterocycles. The summed E-state index contributed by atoms with van der Waals surface area (Å²) in [5.74, 6) is 0.553. The Balaban J connectivity index is 2.07. The molecule has 0 radical (unpaired) electrons. The lowest BCUT2D eigenvalue weighted by Crippen LogP contribution is -2.21. The van der Waals surface area contributed by atoms with Gasteiger partial charge in [0.25, 0.3) is 10.0 Å². The fraction of sp³-hybridized carbons (Fsp3) is 0.389. The molecule has 0 saturated heterocycles. The molecule has 0 saturated carbocycles. The molecule has 0 amide bonds. The van der Waals surface area contributed by atoms with Gasteiger partial charge in [-0.05, 0) is 44.2 Å². The Hall–Kier alpha value is -2.52. The van der Waals surface area contributed by atoms with E-state index in [0.29, 0.717) is 11.5 Å². The predicted octanol–water partition coefficient (Wildman–Crippen LogP) is 2.68. The highest BCUT2D eigenvalue weighted by atomic mass is 32.2. The second-order valence-corrected chi connectivity index (χ2v) is 8.20. The summed E-state index contributed by atoms with van der Waals surface area (Å²) in [6.45, 7) is 3.57. The van der Waals surface area contributed by atoms with Crippen LogP contribution in [-0.4, -0.2) is 46.0 Å². The average Bonchev–Trinajstić information content (AvgIpc) is 3.09. The lowest BCUT2D eigenvalue weighted by atomic mass is 10.2. The van der Waals surface area contributed by atoms with Crippen LogP contribution >= 0.6 is 0 Å². The number of esters is 1. The van der Waals surface area contributed by atoms with Gasteiger partial charge in [0.1, 0.15) is 12.4 Å². The first kappa shape index (κ1) is 20.8. The standard InChI is InChI=1S/C18H23NO7S/c1-12(2)25-15-8-6-13(10-16(15)23-5)18(20)24-11-14-7-9-17(26-14)27(21,22)19(3)4/h6-10,12H,11H2,1-5H3. The molecule has 1 aromatic heterocycles. The lowest BCUT2D eigenvalue weighted by molar-refractivity contribution is 0.0440. The van der Waals surface area contributed by atoms with Gasteiger partial charge >= 0.3 is 5.97 Å². The summed E-state index contributed by atoms with van der Waals surface area (Å²) >= 11 is 0. The van der Waals surface area contributed by atoms with Gasteiger partial charge in [0, 0.05) is 14.1 Å². The Morgan fingerprint density at radius 2 is 1.85 bits per heavy atom. The normalized spacial score (nSPS) is 11.7. The van der Waals surface area contributed by atoms with Crippen LogP contribution in [0.15, 0.2) is 39.8 Å². The molecule has 0 aliphatic heterocycles. The quantitative estimate of drug-likeness (QED) is 0.632. The maximum atomic E-state index is 12.2. The van der Waals surface area contributed by atoms with Gasteiger partial charge in [-0.15, -0.1) is 0 Å². The first-order chi connectivity index (χ1) is 12.6. The maximum Gasteiger partial charge on any atom is 0.338 e. The number of benzene rings is 1. The maximum absolute atomic E-state index is 12.2. The summed E-state index contributed by atoms with van der Waals surface area (Å²) in [5.41, 5.74) is 0.274. The van der Waals surface area contributed by atoms with E-state index >= 15 is 0 Å². The van der Waals surface area contributed by atoms with Crippen LogP contribution in [0.1, 0.15) is 30.0 Å². The number of hydrogen-bond donors (Lipinski definition) is 0. The Kier molecular flexibility index (Phi) is 6.50. The van der Waals surface area contributed by atoms with Crippen LogP contribution in [0, 0.1) is 0 Å². The van der Waals surface area contributed by atoms with E-state index in [1.165, 1.54) is 39.4 Å². The summed E-state index contributed by atoms with van der Waals surface area (Å²) in [7, 11) is 0.605. The van der Waals surface area contributed by atoms with Gasteiger partial charge in [-0.3, -0.25) is 0 Å². The smallest absolute Gasteiger partial charge is 0.338 e. The molecule has 0 fully saturated rings. The molecule has 2 aromatic rings. The highest BCUT2D eigenvalue weighted by Crippen LogP contribution is 2.29. The number of hydrogen-bond acceptors (Lipinski definition) is 7. The summed E-state index contributed by atoms with van der Waals surface area (Å²) in [5, 5.41) is -0.213. The monoisotopic (exact) mass is 397 g/mol. The number of carbonyl (C=O) groups excluding carboxylic acids is 1. The zero-order valence-electron chi connectivity index (χ0n) is 15.9. The van der Waals surface area contributed by atoms with Crippen molar-refractivity contribution in [1.29, 1.82) is 0 Å². The van der Waals surface area contributed by atoms with E-state index in [9.17, 15) is 13.2 Å². The fourth-order valence-corrected chi connectivity index (χ4v) is 2.93. The summed E-state index contributed by atoms with van der Waals surface area (Å²) in [6, 6.07) is 7.48. The number of ether oxygens (including phenoxy) is 3. The van der Waals surface area contributed by atoms with Crippen molar-refractivity contribution >= 4 is 16.0 Å². The molecule has 0 spiro atoms. The Morgan fingerprint density at radius 1 is 1.15 bits per heavy atom. The van der Waals surface area contributed by atoms with Crippen LogP contribution in [0.25, 0.3) is 0 Å². The second kappa shape index (κ2) is 8.45. The minimum absolute atomic E-state index is 0.0386. The van der Waals surface area contributed by atoms with Crippen LogP contribution in [0.5, 0.6) is 11.5 Å². The van der Waals surface area contributed by atoms with Crippen molar-refractivity contribution in [3.05, 3.63) is 41.7 Å². The van der Waals surface area contributed by atoms with Gasteiger partial charge in [-0.2, -0.15) is 0 Å². The van der Waals surface area contributed by atoms with E-state index in [-0.39, 0.29) is 29.1 Å². The number of sulfonamides is 1. The summed E-state index contributed by atoms with van der Waals surface area (Å²) in [6.07, 6.45) is -0.0386. The van der Waals surface area contributed by atoms with Crippen LogP contribution in [-0.2, 0) is 21.4 Å². The van der Waals surface area contributed by atoms with E-state index in [4.69, 9.17) is 18.6 Å². The van der Waals surface area contributed by atoms with Crippen LogP contribution in [0.2, 0.25) is 0 Å². The van der Waals surface area contributed by atoms with Gasteiger partial charge in [0.05, 0.1) is 18.8 Å². The summed E-state index contributed by atoms with van der Waals surface area (Å²) in [4.78, 5) is 12.2. The topological polar surface area (TPSA) is 95.3 Å². The third-order valence-electron chi connectivity index (χ3n) is 3.48. The molecule has 0 N–H and O–H groups in total. The third-order valence-corrected chi connectivity index (χ3v) is 5.17. The minimum Gasteiger partial charge on any atom is -0.493 e. The predicted molar refractivity (Wildman–Crippen MR) is 97.5 cm³/mol. The summed E-state index contributed by atoms with van der Waals surface area (Å²) < 4.78 is 46.3. The minimum atomic E-state index is -3.67. The van der Waals surface area contributed by atoms with Crippen LogP contribution in [0.3, 0.4) is 0 Å². The molecule has 27 heavy (non-hydrogen) atoms. The van der Waals surface area contributed by atoms with Gasteiger partial charge in [-0.1, -0.05) is 0 Å². The largest absolute Gasteiger partial charge is 0.493 e. The third kappa shape index (κ3) is 5.01. The molecule has 1 aromatic carbocycles. The molecule has 0 bridgehead atoms.